The van der Waals surface area contributed by atoms with Crippen LogP contribution in [0.25, 0.3) is 0 Å². The molecule has 1 heterocycles. The highest BCUT2D eigenvalue weighted by Crippen LogP contribution is 2.25. The second-order valence-corrected chi connectivity index (χ2v) is 3.16. The Labute approximate surface area is 63.9 Å². The lowest BCUT2D eigenvalue weighted by atomic mass is 10.3. The summed E-state index contributed by atoms with van der Waals surface area (Å²) in [4.78, 5) is 11.1. The van der Waals surface area contributed by atoms with Crippen molar-refractivity contribution < 1.29 is 4.79 Å². The Balaban J connectivity index is 2.97. The molecule has 0 unspecified atom stereocenters. The molecule has 0 aromatic carbocycles. The van der Waals surface area contributed by atoms with Crippen LogP contribution in [0.1, 0.15) is 10.4 Å². The number of rotatable bonds is 2. The molecule has 2 nitrogen and oxygen atoms in total. The lowest BCUT2D eigenvalue weighted by molar-refractivity contribution is 0.561. The molecule has 1 aromatic rings. The Hall–Kier alpha value is -0.830. The van der Waals surface area contributed by atoms with Gasteiger partial charge in [-0.3, -0.25) is 4.79 Å². The molecule has 0 saturated heterocycles. The molecule has 3 heteroatoms. The summed E-state index contributed by atoms with van der Waals surface area (Å²) in [6, 6.07) is 0. The van der Waals surface area contributed by atoms with Gasteiger partial charge in [-0.1, -0.05) is 0 Å². The predicted octanol–water partition coefficient (Wildman–Crippen LogP) is 1.84. The highest BCUT2D eigenvalue weighted by Gasteiger charge is 2.02. The maximum Gasteiger partial charge on any atom is 0.314 e. The van der Waals surface area contributed by atoms with Crippen LogP contribution in [0, 0.1) is 13.8 Å². The maximum atomic E-state index is 9.95. The van der Waals surface area contributed by atoms with Crippen molar-refractivity contribution in [2.75, 3.05) is 5.32 Å². The van der Waals surface area contributed by atoms with E-state index in [0.717, 1.165) is 16.1 Å². The van der Waals surface area contributed by atoms with Gasteiger partial charge < -0.3 is 5.32 Å². The van der Waals surface area contributed by atoms with Crippen LogP contribution in [0.3, 0.4) is 0 Å². The zero-order chi connectivity index (χ0) is 7.56. The molecular weight excluding hydrogens is 146 g/mol. The molecular formula is C7H8NOS. The van der Waals surface area contributed by atoms with Gasteiger partial charge in [-0.25, -0.2) is 0 Å². The molecule has 0 bridgehead atoms. The van der Waals surface area contributed by atoms with Crippen molar-refractivity contribution in [3.05, 3.63) is 15.8 Å². The summed E-state index contributed by atoms with van der Waals surface area (Å²) in [7, 11) is 0. The number of aryl methyl sites for hydroxylation is 2. The van der Waals surface area contributed by atoms with E-state index in [2.05, 4.69) is 5.32 Å². The largest absolute Gasteiger partial charge is 0.317 e. The van der Waals surface area contributed by atoms with E-state index in [-0.39, 0.29) is 0 Å². The third-order valence-electron chi connectivity index (χ3n) is 1.33. The van der Waals surface area contributed by atoms with Gasteiger partial charge in [-0.15, -0.1) is 11.3 Å². The molecule has 1 aromatic heterocycles. The van der Waals surface area contributed by atoms with E-state index in [1.165, 1.54) is 0 Å². The highest BCUT2D eigenvalue weighted by molar-refractivity contribution is 7.10. The van der Waals surface area contributed by atoms with E-state index >= 15 is 0 Å². The lowest BCUT2D eigenvalue weighted by Gasteiger charge is -1.95. The number of carbonyl (C=O) groups excluding carboxylic acids is 1. The first-order valence-corrected chi connectivity index (χ1v) is 3.81. The zero-order valence-corrected chi connectivity index (χ0v) is 6.71. The molecule has 0 aliphatic rings. The van der Waals surface area contributed by atoms with Crippen LogP contribution in [0.2, 0.25) is 0 Å². The second-order valence-electron chi connectivity index (χ2n) is 2.08. The van der Waals surface area contributed by atoms with Crippen LogP contribution in [-0.4, -0.2) is 6.41 Å². The van der Waals surface area contributed by atoms with Gasteiger partial charge in [0.05, 0.1) is 5.69 Å². The summed E-state index contributed by atoms with van der Waals surface area (Å²) in [5, 5.41) is 4.54. The molecule has 0 aliphatic carbocycles. The molecule has 53 valence electrons. The molecule has 1 rings (SSSR count). The van der Waals surface area contributed by atoms with Crippen LogP contribution in [0.4, 0.5) is 5.69 Å². The summed E-state index contributed by atoms with van der Waals surface area (Å²) in [6.07, 6.45) is 1.66. The summed E-state index contributed by atoms with van der Waals surface area (Å²) in [5.41, 5.74) is 2.01. The van der Waals surface area contributed by atoms with Crippen molar-refractivity contribution in [3.8, 4) is 0 Å². The normalized spacial score (nSPS) is 9.40. The summed E-state index contributed by atoms with van der Waals surface area (Å²) in [6.45, 7) is 3.93. The van der Waals surface area contributed by atoms with Crippen molar-refractivity contribution in [2.24, 2.45) is 0 Å². The first-order chi connectivity index (χ1) is 4.75. The van der Waals surface area contributed by atoms with Crippen molar-refractivity contribution in [1.29, 1.82) is 0 Å². The minimum Gasteiger partial charge on any atom is -0.317 e. The van der Waals surface area contributed by atoms with Crippen molar-refractivity contribution in [3.63, 3.8) is 0 Å². The SMILES string of the molecule is Cc1csc(C)c1N[C]=O. The summed E-state index contributed by atoms with van der Waals surface area (Å²) >= 11 is 1.63. The fourth-order valence-corrected chi connectivity index (χ4v) is 1.61. The Morgan fingerprint density at radius 3 is 2.70 bits per heavy atom. The first-order valence-electron chi connectivity index (χ1n) is 2.93. The van der Waals surface area contributed by atoms with E-state index in [9.17, 15) is 4.79 Å². The number of thiophene rings is 1. The Morgan fingerprint density at radius 1 is 1.60 bits per heavy atom. The zero-order valence-electron chi connectivity index (χ0n) is 5.89. The van der Waals surface area contributed by atoms with Crippen LogP contribution < -0.4 is 5.32 Å². The minimum atomic E-state index is 0.903. The lowest BCUT2D eigenvalue weighted by Crippen LogP contribution is -1.94. The molecule has 0 spiro atoms. The number of hydrogen-bond donors (Lipinski definition) is 1. The number of anilines is 1. The van der Waals surface area contributed by atoms with E-state index < -0.39 is 0 Å². The third kappa shape index (κ3) is 1.19. The first kappa shape index (κ1) is 7.28. The van der Waals surface area contributed by atoms with Crippen molar-refractivity contribution in [2.45, 2.75) is 13.8 Å². The van der Waals surface area contributed by atoms with Crippen LogP contribution in [0.15, 0.2) is 5.38 Å². The van der Waals surface area contributed by atoms with Gasteiger partial charge >= 0.3 is 6.41 Å². The Bertz CT molecular complexity index is 222. The summed E-state index contributed by atoms with van der Waals surface area (Å²) < 4.78 is 0. The highest BCUT2D eigenvalue weighted by atomic mass is 32.1. The average molecular weight is 154 g/mol. The fraction of sp³-hybridized carbons (Fsp3) is 0.286. The third-order valence-corrected chi connectivity index (χ3v) is 2.36. The summed E-state index contributed by atoms with van der Waals surface area (Å²) in [5.74, 6) is 0. The van der Waals surface area contributed by atoms with Crippen LogP contribution >= 0.6 is 11.3 Å². The molecule has 1 amide bonds. The fourth-order valence-electron chi connectivity index (χ4n) is 0.810. The van der Waals surface area contributed by atoms with E-state index in [0.29, 0.717) is 0 Å². The number of amides is 1. The Morgan fingerprint density at radius 2 is 2.30 bits per heavy atom. The van der Waals surface area contributed by atoms with Gasteiger partial charge in [0.15, 0.2) is 0 Å². The second kappa shape index (κ2) is 2.84. The van der Waals surface area contributed by atoms with Gasteiger partial charge in [-0.05, 0) is 24.8 Å². The predicted molar refractivity (Wildman–Crippen MR) is 43.1 cm³/mol. The minimum absolute atomic E-state index is 0.903. The molecule has 0 atom stereocenters. The molecule has 10 heavy (non-hydrogen) atoms. The van der Waals surface area contributed by atoms with Gasteiger partial charge in [0.1, 0.15) is 0 Å². The monoisotopic (exact) mass is 154 g/mol. The Kier molecular flexibility index (Phi) is 2.06. The number of hydrogen-bond acceptors (Lipinski definition) is 2. The van der Waals surface area contributed by atoms with Gasteiger partial charge in [0.25, 0.3) is 0 Å². The smallest absolute Gasteiger partial charge is 0.314 e. The van der Waals surface area contributed by atoms with Crippen molar-refractivity contribution in [1.82, 2.24) is 0 Å². The molecule has 0 saturated carbocycles. The van der Waals surface area contributed by atoms with E-state index in [4.69, 9.17) is 0 Å². The van der Waals surface area contributed by atoms with Crippen LogP contribution in [-0.2, 0) is 4.79 Å². The maximum absolute atomic E-state index is 9.95. The van der Waals surface area contributed by atoms with Gasteiger partial charge in [0.2, 0.25) is 0 Å². The topological polar surface area (TPSA) is 29.1 Å². The van der Waals surface area contributed by atoms with E-state index in [1.807, 2.05) is 19.2 Å². The molecule has 0 aliphatic heterocycles. The van der Waals surface area contributed by atoms with E-state index in [1.54, 1.807) is 17.7 Å². The average Bonchev–Trinajstić information content (AvgIpc) is 2.20. The van der Waals surface area contributed by atoms with Crippen LogP contribution in [0.5, 0.6) is 0 Å². The number of nitrogens with one attached hydrogen (secondary N) is 1. The quantitative estimate of drug-likeness (QED) is 0.647. The molecule has 1 radical (unpaired) electrons. The standard InChI is InChI=1S/C7H8NOS/c1-5-3-10-6(2)7(5)8-4-9/h3H,1-2H3,(H,8,9). The molecule has 1 N–H and O–H groups in total. The van der Waals surface area contributed by atoms with Gasteiger partial charge in [-0.2, -0.15) is 0 Å². The van der Waals surface area contributed by atoms with Crippen molar-refractivity contribution >= 4 is 23.4 Å². The molecule has 0 fully saturated rings. The van der Waals surface area contributed by atoms with Gasteiger partial charge in [0, 0.05) is 4.88 Å².